The van der Waals surface area contributed by atoms with Gasteiger partial charge in [-0.2, -0.15) is 0 Å². The first kappa shape index (κ1) is 11.4. The third kappa shape index (κ3) is 2.36. The van der Waals surface area contributed by atoms with Gasteiger partial charge in [-0.3, -0.25) is 0 Å². The van der Waals surface area contributed by atoms with Gasteiger partial charge in [-0.25, -0.2) is 0 Å². The second kappa shape index (κ2) is 4.44. The number of rotatable bonds is 4. The molecule has 0 saturated carbocycles. The van der Waals surface area contributed by atoms with Crippen molar-refractivity contribution < 1.29 is 0 Å². The monoisotopic (exact) mass is 234 g/mol. The van der Waals surface area contributed by atoms with Crippen LogP contribution >= 0.6 is 11.3 Å². The van der Waals surface area contributed by atoms with Gasteiger partial charge in [0.2, 0.25) is 0 Å². The molecule has 0 aliphatic rings. The molecule has 1 aromatic heterocycles. The number of fused-ring (bicyclic) bond motifs is 1. The highest BCUT2D eigenvalue weighted by atomic mass is 32.1. The van der Waals surface area contributed by atoms with Gasteiger partial charge in [0, 0.05) is 22.0 Å². The molecule has 0 atom stereocenters. The third-order valence-corrected chi connectivity index (χ3v) is 3.75. The smallest absolute Gasteiger partial charge is 0.0529 e. The number of anilines is 1. The molecule has 1 aromatic carbocycles. The fraction of sp³-hybridized carbons (Fsp3) is 0.385. The van der Waals surface area contributed by atoms with E-state index < -0.39 is 0 Å². The van der Waals surface area contributed by atoms with Crippen LogP contribution in [-0.2, 0) is 0 Å². The first-order valence-corrected chi connectivity index (χ1v) is 6.40. The van der Waals surface area contributed by atoms with Crippen LogP contribution in [0.25, 0.3) is 10.1 Å². The minimum absolute atomic E-state index is 0.142. The topological polar surface area (TPSA) is 38.0 Å². The van der Waals surface area contributed by atoms with Crippen molar-refractivity contribution in [2.75, 3.05) is 18.4 Å². The zero-order chi connectivity index (χ0) is 11.6. The second-order valence-corrected chi connectivity index (χ2v) is 5.78. The van der Waals surface area contributed by atoms with E-state index in [0.29, 0.717) is 6.54 Å². The predicted molar refractivity (Wildman–Crippen MR) is 73.2 cm³/mol. The minimum Gasteiger partial charge on any atom is -0.383 e. The average molecular weight is 234 g/mol. The molecule has 16 heavy (non-hydrogen) atoms. The first-order valence-electron chi connectivity index (χ1n) is 5.52. The summed E-state index contributed by atoms with van der Waals surface area (Å²) in [5.74, 6) is 0. The van der Waals surface area contributed by atoms with Gasteiger partial charge in [0.1, 0.15) is 0 Å². The van der Waals surface area contributed by atoms with Crippen molar-refractivity contribution in [3.63, 3.8) is 0 Å². The molecule has 1 heterocycles. The molecular formula is C13H18N2S. The van der Waals surface area contributed by atoms with Gasteiger partial charge < -0.3 is 11.1 Å². The fourth-order valence-electron chi connectivity index (χ4n) is 1.52. The Morgan fingerprint density at radius 2 is 2.06 bits per heavy atom. The zero-order valence-corrected chi connectivity index (χ0v) is 10.6. The lowest BCUT2D eigenvalue weighted by atomic mass is 9.94. The molecule has 0 aliphatic carbocycles. The van der Waals surface area contributed by atoms with Gasteiger partial charge in [0.25, 0.3) is 0 Å². The van der Waals surface area contributed by atoms with Gasteiger partial charge in [-0.05, 0) is 18.0 Å². The van der Waals surface area contributed by atoms with Gasteiger partial charge in [0.05, 0.1) is 5.69 Å². The van der Waals surface area contributed by atoms with Crippen LogP contribution in [0.15, 0.2) is 29.6 Å². The van der Waals surface area contributed by atoms with E-state index in [4.69, 9.17) is 5.73 Å². The summed E-state index contributed by atoms with van der Waals surface area (Å²) in [5.41, 5.74) is 7.09. The largest absolute Gasteiger partial charge is 0.383 e. The molecule has 2 nitrogen and oxygen atoms in total. The van der Waals surface area contributed by atoms with Crippen molar-refractivity contribution >= 4 is 27.1 Å². The number of nitrogens with one attached hydrogen (secondary N) is 1. The van der Waals surface area contributed by atoms with Gasteiger partial charge in [-0.15, -0.1) is 11.3 Å². The lowest BCUT2D eigenvalue weighted by molar-refractivity contribution is 0.406. The molecule has 2 aromatic rings. The average Bonchev–Trinajstić information content (AvgIpc) is 2.70. The van der Waals surface area contributed by atoms with Gasteiger partial charge in [-0.1, -0.05) is 32.0 Å². The third-order valence-electron chi connectivity index (χ3n) is 2.79. The molecule has 0 aliphatic heterocycles. The summed E-state index contributed by atoms with van der Waals surface area (Å²) in [7, 11) is 0. The van der Waals surface area contributed by atoms with Gasteiger partial charge in [0.15, 0.2) is 0 Å². The van der Waals surface area contributed by atoms with E-state index in [9.17, 15) is 0 Å². The molecule has 0 bridgehead atoms. The molecule has 0 spiro atoms. The van der Waals surface area contributed by atoms with E-state index >= 15 is 0 Å². The molecule has 0 fully saturated rings. The SMILES string of the molecule is CC(C)(CN)CNc1csc2ccccc12. The normalized spacial score (nSPS) is 11.9. The highest BCUT2D eigenvalue weighted by molar-refractivity contribution is 7.17. The van der Waals surface area contributed by atoms with E-state index in [0.717, 1.165) is 6.54 Å². The minimum atomic E-state index is 0.142. The van der Waals surface area contributed by atoms with Crippen LogP contribution < -0.4 is 11.1 Å². The molecular weight excluding hydrogens is 216 g/mol. The van der Waals surface area contributed by atoms with E-state index in [1.54, 1.807) is 11.3 Å². The Morgan fingerprint density at radius 3 is 2.81 bits per heavy atom. The van der Waals surface area contributed by atoms with Crippen LogP contribution in [0.2, 0.25) is 0 Å². The molecule has 0 radical (unpaired) electrons. The van der Waals surface area contributed by atoms with Crippen molar-refractivity contribution in [2.45, 2.75) is 13.8 Å². The van der Waals surface area contributed by atoms with Crippen LogP contribution in [0.3, 0.4) is 0 Å². The Labute approximate surface area is 100 Å². The quantitative estimate of drug-likeness (QED) is 0.852. The Kier molecular flexibility index (Phi) is 3.17. The predicted octanol–water partition coefficient (Wildman–Crippen LogP) is 3.30. The van der Waals surface area contributed by atoms with E-state index in [1.807, 2.05) is 0 Å². The van der Waals surface area contributed by atoms with Crippen molar-refractivity contribution in [2.24, 2.45) is 11.1 Å². The molecule has 86 valence electrons. The Morgan fingerprint density at radius 1 is 1.31 bits per heavy atom. The summed E-state index contributed by atoms with van der Waals surface area (Å²) in [6.45, 7) is 5.95. The number of nitrogens with two attached hydrogens (primary N) is 1. The van der Waals surface area contributed by atoms with Crippen molar-refractivity contribution in [3.05, 3.63) is 29.6 Å². The number of hydrogen-bond acceptors (Lipinski definition) is 3. The highest BCUT2D eigenvalue weighted by Gasteiger charge is 2.15. The maximum absolute atomic E-state index is 5.72. The standard InChI is InChI=1S/C13H18N2S/c1-13(2,8-14)9-15-11-7-16-12-6-4-3-5-10(11)12/h3-7,15H,8-9,14H2,1-2H3. The molecule has 0 amide bonds. The maximum atomic E-state index is 5.72. The summed E-state index contributed by atoms with van der Waals surface area (Å²) in [4.78, 5) is 0. The number of hydrogen-bond donors (Lipinski definition) is 2. The van der Waals surface area contributed by atoms with Crippen LogP contribution in [0.1, 0.15) is 13.8 Å². The summed E-state index contributed by atoms with van der Waals surface area (Å²) in [6, 6.07) is 8.46. The van der Waals surface area contributed by atoms with E-state index in [2.05, 4.69) is 48.8 Å². The fourth-order valence-corrected chi connectivity index (χ4v) is 2.44. The van der Waals surface area contributed by atoms with E-state index in [1.165, 1.54) is 15.8 Å². The summed E-state index contributed by atoms with van der Waals surface area (Å²) in [5, 5.41) is 6.97. The number of thiophene rings is 1. The Balaban J connectivity index is 2.16. The van der Waals surface area contributed by atoms with Crippen molar-refractivity contribution in [1.82, 2.24) is 0 Å². The lowest BCUT2D eigenvalue weighted by Gasteiger charge is -2.23. The molecule has 2 rings (SSSR count). The van der Waals surface area contributed by atoms with Crippen molar-refractivity contribution in [1.29, 1.82) is 0 Å². The zero-order valence-electron chi connectivity index (χ0n) is 9.79. The van der Waals surface area contributed by atoms with E-state index in [-0.39, 0.29) is 5.41 Å². The van der Waals surface area contributed by atoms with Gasteiger partial charge >= 0.3 is 0 Å². The van der Waals surface area contributed by atoms with Crippen LogP contribution in [-0.4, -0.2) is 13.1 Å². The van der Waals surface area contributed by atoms with Crippen molar-refractivity contribution in [3.8, 4) is 0 Å². The lowest BCUT2D eigenvalue weighted by Crippen LogP contribution is -2.31. The Hall–Kier alpha value is -1.06. The first-order chi connectivity index (χ1) is 7.62. The highest BCUT2D eigenvalue weighted by Crippen LogP contribution is 2.30. The Bertz CT molecular complexity index is 473. The second-order valence-electron chi connectivity index (χ2n) is 4.87. The summed E-state index contributed by atoms with van der Waals surface area (Å²) in [6.07, 6.45) is 0. The molecule has 0 saturated heterocycles. The van der Waals surface area contributed by atoms with Crippen LogP contribution in [0.4, 0.5) is 5.69 Å². The molecule has 0 unspecified atom stereocenters. The van der Waals surface area contributed by atoms with Crippen LogP contribution in [0.5, 0.6) is 0 Å². The number of benzene rings is 1. The summed E-state index contributed by atoms with van der Waals surface area (Å²) < 4.78 is 1.33. The van der Waals surface area contributed by atoms with Crippen LogP contribution in [0, 0.1) is 5.41 Å². The molecule has 3 N–H and O–H groups in total. The summed E-state index contributed by atoms with van der Waals surface area (Å²) >= 11 is 1.78. The molecule has 3 heteroatoms. The maximum Gasteiger partial charge on any atom is 0.0529 e.